The van der Waals surface area contributed by atoms with Crippen LogP contribution in [0.15, 0.2) is 29.0 Å². The predicted molar refractivity (Wildman–Crippen MR) is 77.5 cm³/mol. The van der Waals surface area contributed by atoms with E-state index >= 15 is 0 Å². The van der Waals surface area contributed by atoms with Crippen molar-refractivity contribution in [1.82, 2.24) is 14.8 Å². The third-order valence-corrected chi connectivity index (χ3v) is 3.61. The topological polar surface area (TPSA) is 47.8 Å². The van der Waals surface area contributed by atoms with E-state index < -0.39 is 0 Å². The number of hydrogen-bond acceptors (Lipinski definition) is 3. The second-order valence-corrected chi connectivity index (χ2v) is 5.41. The third kappa shape index (κ3) is 3.42. The summed E-state index contributed by atoms with van der Waals surface area (Å²) in [5, 5.41) is 4.65. The lowest BCUT2D eigenvalue weighted by Gasteiger charge is -2.06. The zero-order valence-corrected chi connectivity index (χ0v) is 12.8. The Morgan fingerprint density at radius 1 is 1.47 bits per heavy atom. The van der Waals surface area contributed by atoms with Crippen molar-refractivity contribution in [2.24, 2.45) is 0 Å². The van der Waals surface area contributed by atoms with Gasteiger partial charge in [-0.2, -0.15) is 5.10 Å². The molecule has 1 heterocycles. The maximum atomic E-state index is 12.3. The van der Waals surface area contributed by atoms with Crippen molar-refractivity contribution >= 4 is 33.3 Å². The molecular weight excluding hydrogens is 330 g/mol. The largest absolute Gasteiger partial charge is 0.294 e. The summed E-state index contributed by atoms with van der Waals surface area (Å²) in [7, 11) is 0. The Balaban J connectivity index is 2.21. The fourth-order valence-electron chi connectivity index (χ4n) is 1.77. The monoisotopic (exact) mass is 341 g/mol. The van der Waals surface area contributed by atoms with Gasteiger partial charge in [-0.15, -0.1) is 0 Å². The lowest BCUT2D eigenvalue weighted by atomic mass is 10.1. The molecule has 0 N–H and O–H groups in total. The fraction of sp³-hybridized carbons (Fsp3) is 0.308. The van der Waals surface area contributed by atoms with Crippen LogP contribution >= 0.6 is 27.5 Å². The van der Waals surface area contributed by atoms with Crippen LogP contribution in [0.3, 0.4) is 0 Å². The molecule has 0 unspecified atom stereocenters. The number of aromatic nitrogens is 3. The summed E-state index contributed by atoms with van der Waals surface area (Å²) in [5.74, 6) is 0.651. The SMILES string of the molecule is CCCn1ncnc1CC(=O)c1cc(Cl)ccc1Br. The first-order valence-corrected chi connectivity index (χ1v) is 7.14. The van der Waals surface area contributed by atoms with E-state index in [-0.39, 0.29) is 12.2 Å². The summed E-state index contributed by atoms with van der Waals surface area (Å²) in [6.45, 7) is 2.82. The van der Waals surface area contributed by atoms with Crippen LogP contribution in [0, 0.1) is 0 Å². The first kappa shape index (κ1) is 14.2. The molecule has 19 heavy (non-hydrogen) atoms. The Hall–Kier alpha value is -1.20. The summed E-state index contributed by atoms with van der Waals surface area (Å²) >= 11 is 9.28. The molecule has 0 aliphatic heterocycles. The van der Waals surface area contributed by atoms with Crippen molar-refractivity contribution in [3.8, 4) is 0 Å². The van der Waals surface area contributed by atoms with Gasteiger partial charge in [-0.1, -0.05) is 34.5 Å². The number of halogens is 2. The highest BCUT2D eigenvalue weighted by Gasteiger charge is 2.15. The molecule has 0 fully saturated rings. The number of carbonyl (C=O) groups is 1. The number of nitrogens with zero attached hydrogens (tertiary/aromatic N) is 3. The molecule has 4 nitrogen and oxygen atoms in total. The molecule has 0 amide bonds. The molecule has 0 atom stereocenters. The van der Waals surface area contributed by atoms with Gasteiger partial charge in [-0.3, -0.25) is 4.79 Å². The summed E-state index contributed by atoms with van der Waals surface area (Å²) < 4.78 is 2.50. The number of carbonyl (C=O) groups excluding carboxylic acids is 1. The molecule has 0 aliphatic rings. The Bertz CT molecular complexity index is 597. The van der Waals surface area contributed by atoms with Crippen LogP contribution in [0.25, 0.3) is 0 Å². The number of benzene rings is 1. The molecule has 0 spiro atoms. The van der Waals surface area contributed by atoms with Crippen LogP contribution < -0.4 is 0 Å². The Labute approximate surface area is 124 Å². The standard InChI is InChI=1S/C13H13BrClN3O/c1-2-5-18-13(16-8-17-18)7-12(19)10-6-9(15)3-4-11(10)14/h3-4,6,8H,2,5,7H2,1H3. The van der Waals surface area contributed by atoms with Crippen LogP contribution in [0.1, 0.15) is 29.5 Å². The maximum Gasteiger partial charge on any atom is 0.171 e. The second kappa shape index (κ2) is 6.30. The zero-order valence-electron chi connectivity index (χ0n) is 10.4. The van der Waals surface area contributed by atoms with E-state index in [1.54, 1.807) is 22.9 Å². The number of Topliss-reactive ketones (excluding diaryl/α,β-unsaturated/α-hetero) is 1. The average Bonchev–Trinajstić information content (AvgIpc) is 2.80. The fourth-order valence-corrected chi connectivity index (χ4v) is 2.41. The van der Waals surface area contributed by atoms with Gasteiger partial charge in [-0.05, 0) is 24.6 Å². The van der Waals surface area contributed by atoms with Crippen molar-refractivity contribution in [3.05, 3.63) is 45.4 Å². The normalized spacial score (nSPS) is 10.7. The summed E-state index contributed by atoms with van der Waals surface area (Å²) in [6, 6.07) is 5.17. The van der Waals surface area contributed by atoms with E-state index in [1.165, 1.54) is 6.33 Å². The summed E-state index contributed by atoms with van der Waals surface area (Å²) in [6.07, 6.45) is 2.65. The van der Waals surface area contributed by atoms with Crippen molar-refractivity contribution in [2.45, 2.75) is 26.3 Å². The molecule has 0 aliphatic carbocycles. The number of rotatable bonds is 5. The van der Waals surface area contributed by atoms with Crippen molar-refractivity contribution in [1.29, 1.82) is 0 Å². The first-order chi connectivity index (χ1) is 9.11. The predicted octanol–water partition coefficient (Wildman–Crippen LogP) is 3.53. The second-order valence-electron chi connectivity index (χ2n) is 4.12. The molecule has 0 bridgehead atoms. The molecule has 100 valence electrons. The molecule has 0 radical (unpaired) electrons. The molecule has 6 heteroatoms. The van der Waals surface area contributed by atoms with Gasteiger partial charge in [0.15, 0.2) is 5.78 Å². The average molecular weight is 343 g/mol. The minimum Gasteiger partial charge on any atom is -0.294 e. The van der Waals surface area contributed by atoms with Crippen LogP contribution in [0.4, 0.5) is 0 Å². The molecular formula is C13H13BrClN3O. The van der Waals surface area contributed by atoms with E-state index in [0.29, 0.717) is 16.4 Å². The smallest absolute Gasteiger partial charge is 0.171 e. The number of aryl methyl sites for hydroxylation is 1. The lowest BCUT2D eigenvalue weighted by molar-refractivity contribution is 0.0988. The Morgan fingerprint density at radius 2 is 2.26 bits per heavy atom. The zero-order chi connectivity index (χ0) is 13.8. The van der Waals surface area contributed by atoms with E-state index in [0.717, 1.165) is 17.4 Å². The van der Waals surface area contributed by atoms with Crippen LogP contribution in [-0.4, -0.2) is 20.5 Å². The van der Waals surface area contributed by atoms with Crippen LogP contribution in [-0.2, 0) is 13.0 Å². The van der Waals surface area contributed by atoms with Gasteiger partial charge < -0.3 is 0 Å². The molecule has 1 aromatic heterocycles. The Kier molecular flexibility index (Phi) is 4.71. The van der Waals surface area contributed by atoms with Gasteiger partial charge in [-0.25, -0.2) is 9.67 Å². The number of hydrogen-bond donors (Lipinski definition) is 0. The highest BCUT2D eigenvalue weighted by molar-refractivity contribution is 9.10. The van der Waals surface area contributed by atoms with E-state index in [4.69, 9.17) is 11.6 Å². The summed E-state index contributed by atoms with van der Waals surface area (Å²) in [4.78, 5) is 16.4. The van der Waals surface area contributed by atoms with E-state index in [9.17, 15) is 4.79 Å². The third-order valence-electron chi connectivity index (χ3n) is 2.68. The first-order valence-electron chi connectivity index (χ1n) is 5.96. The maximum absolute atomic E-state index is 12.3. The van der Waals surface area contributed by atoms with Gasteiger partial charge >= 0.3 is 0 Å². The molecule has 0 saturated heterocycles. The summed E-state index contributed by atoms with van der Waals surface area (Å²) in [5.41, 5.74) is 0.568. The van der Waals surface area contributed by atoms with Gasteiger partial charge in [0.1, 0.15) is 12.2 Å². The van der Waals surface area contributed by atoms with Gasteiger partial charge in [0.2, 0.25) is 0 Å². The lowest BCUT2D eigenvalue weighted by Crippen LogP contribution is -2.12. The molecule has 1 aromatic carbocycles. The minimum atomic E-state index is -0.0280. The van der Waals surface area contributed by atoms with Crippen molar-refractivity contribution < 1.29 is 4.79 Å². The Morgan fingerprint density at radius 3 is 3.00 bits per heavy atom. The van der Waals surface area contributed by atoms with E-state index in [2.05, 4.69) is 32.9 Å². The molecule has 2 rings (SSSR count). The quantitative estimate of drug-likeness (QED) is 0.781. The van der Waals surface area contributed by atoms with E-state index in [1.807, 2.05) is 0 Å². The number of ketones is 1. The molecule has 0 saturated carbocycles. The van der Waals surface area contributed by atoms with Crippen LogP contribution in [0.5, 0.6) is 0 Å². The minimum absolute atomic E-state index is 0.0280. The van der Waals surface area contributed by atoms with Crippen LogP contribution in [0.2, 0.25) is 5.02 Å². The van der Waals surface area contributed by atoms with Gasteiger partial charge in [0.25, 0.3) is 0 Å². The van der Waals surface area contributed by atoms with Gasteiger partial charge in [0.05, 0.1) is 6.42 Å². The van der Waals surface area contributed by atoms with Crippen molar-refractivity contribution in [2.75, 3.05) is 0 Å². The highest BCUT2D eigenvalue weighted by atomic mass is 79.9. The molecule has 2 aromatic rings. The van der Waals surface area contributed by atoms with Gasteiger partial charge in [0, 0.05) is 21.6 Å². The highest BCUT2D eigenvalue weighted by Crippen LogP contribution is 2.22. The van der Waals surface area contributed by atoms with Crippen molar-refractivity contribution in [3.63, 3.8) is 0 Å².